The number of carbonyl (C=O) groups excluding carboxylic acids is 2. The lowest BCUT2D eigenvalue weighted by Gasteiger charge is -2.19. The van der Waals surface area contributed by atoms with Crippen LogP contribution in [0.3, 0.4) is 0 Å². The second-order valence-corrected chi connectivity index (χ2v) is 4.41. The quantitative estimate of drug-likeness (QED) is 0.825. The van der Waals surface area contributed by atoms with Crippen LogP contribution in [0, 0.1) is 11.3 Å². The average molecular weight is 273 g/mol. The van der Waals surface area contributed by atoms with E-state index in [2.05, 4.69) is 10.6 Å². The van der Waals surface area contributed by atoms with Crippen molar-refractivity contribution in [1.82, 2.24) is 0 Å². The Balaban J connectivity index is 1.93. The summed E-state index contributed by atoms with van der Waals surface area (Å²) >= 11 is 0. The monoisotopic (exact) mass is 273 g/mol. The lowest BCUT2D eigenvalue weighted by Crippen LogP contribution is -2.35. The summed E-state index contributed by atoms with van der Waals surface area (Å²) in [5.74, 6) is -2.19. The van der Waals surface area contributed by atoms with Gasteiger partial charge >= 0.3 is 0 Å². The van der Waals surface area contributed by atoms with Crippen molar-refractivity contribution in [2.45, 2.75) is 12.2 Å². The molecule has 0 aromatic heterocycles. The minimum Gasteiger partial charge on any atom is -0.336 e. The molecule has 1 aromatic rings. The zero-order chi connectivity index (χ0) is 14.2. The number of hydrogen-bond acceptors (Lipinski definition) is 5. The summed E-state index contributed by atoms with van der Waals surface area (Å²) in [6.45, 7) is 0.662. The Morgan fingerprint density at radius 2 is 2.20 bits per heavy atom. The molecule has 0 atom stereocenters. The van der Waals surface area contributed by atoms with E-state index in [1.807, 2.05) is 0 Å². The molecule has 2 aliphatic heterocycles. The van der Waals surface area contributed by atoms with Crippen LogP contribution >= 0.6 is 0 Å². The molecule has 1 aromatic carbocycles. The molecule has 7 heteroatoms. The van der Waals surface area contributed by atoms with Crippen LogP contribution in [-0.2, 0) is 24.8 Å². The smallest absolute Gasteiger partial charge is 0.289 e. The Kier molecular flexibility index (Phi) is 2.89. The molecule has 3 rings (SSSR count). The van der Waals surface area contributed by atoms with E-state index in [9.17, 15) is 9.59 Å². The highest BCUT2D eigenvalue weighted by atomic mass is 16.7. The van der Waals surface area contributed by atoms with Gasteiger partial charge in [0.25, 0.3) is 11.7 Å². The summed E-state index contributed by atoms with van der Waals surface area (Å²) in [4.78, 5) is 23.4. The van der Waals surface area contributed by atoms with Crippen LogP contribution in [0.4, 0.5) is 11.4 Å². The maximum Gasteiger partial charge on any atom is 0.289 e. The van der Waals surface area contributed by atoms with Crippen LogP contribution in [0.25, 0.3) is 0 Å². The normalized spacial score (nSPS) is 18.4. The summed E-state index contributed by atoms with van der Waals surface area (Å²) < 4.78 is 10.9. The highest BCUT2D eigenvalue weighted by Crippen LogP contribution is 2.43. The van der Waals surface area contributed by atoms with Crippen molar-refractivity contribution in [1.29, 1.82) is 5.26 Å². The van der Waals surface area contributed by atoms with E-state index in [0.717, 1.165) is 0 Å². The Bertz CT molecular complexity index is 629. The van der Waals surface area contributed by atoms with Gasteiger partial charge in [0.15, 0.2) is 0 Å². The molecule has 1 saturated heterocycles. The fourth-order valence-electron chi connectivity index (χ4n) is 2.31. The second kappa shape index (κ2) is 4.59. The third-order valence-electron chi connectivity index (χ3n) is 3.14. The minimum absolute atomic E-state index is 0.230. The number of nitrogens with zero attached hydrogens (tertiary/aromatic N) is 1. The Hall–Kier alpha value is -2.43. The molecule has 2 heterocycles. The van der Waals surface area contributed by atoms with Crippen LogP contribution in [0.2, 0.25) is 0 Å². The minimum atomic E-state index is -1.41. The first-order chi connectivity index (χ1) is 9.65. The van der Waals surface area contributed by atoms with E-state index in [1.54, 1.807) is 24.3 Å². The summed E-state index contributed by atoms with van der Waals surface area (Å²) in [5.41, 5.74) is 1.61. The molecule has 0 saturated carbocycles. The first-order valence-electron chi connectivity index (χ1n) is 6.06. The van der Waals surface area contributed by atoms with Crippen LogP contribution in [-0.4, -0.2) is 25.0 Å². The molecule has 1 fully saturated rings. The van der Waals surface area contributed by atoms with Gasteiger partial charge in [-0.15, -0.1) is 0 Å². The third kappa shape index (κ3) is 1.82. The highest BCUT2D eigenvalue weighted by Gasteiger charge is 2.52. The van der Waals surface area contributed by atoms with Gasteiger partial charge in [0.1, 0.15) is 6.42 Å². The molecule has 1 spiro atoms. The van der Waals surface area contributed by atoms with Gasteiger partial charge < -0.3 is 20.1 Å². The highest BCUT2D eigenvalue weighted by molar-refractivity contribution is 6.05. The summed E-state index contributed by atoms with van der Waals surface area (Å²) in [6.07, 6.45) is -0.230. The topological polar surface area (TPSA) is 100 Å². The van der Waals surface area contributed by atoms with Gasteiger partial charge in [-0.25, -0.2) is 0 Å². The van der Waals surface area contributed by atoms with Crippen molar-refractivity contribution in [2.75, 3.05) is 23.8 Å². The predicted octanol–water partition coefficient (Wildman–Crippen LogP) is 0.690. The first kappa shape index (κ1) is 12.6. The fraction of sp³-hybridized carbons (Fsp3) is 0.308. The molecule has 0 radical (unpaired) electrons. The molecule has 0 bridgehead atoms. The number of ether oxygens (including phenoxy) is 2. The van der Waals surface area contributed by atoms with E-state index in [-0.39, 0.29) is 12.3 Å². The molecule has 0 aliphatic carbocycles. The fourth-order valence-corrected chi connectivity index (χ4v) is 2.31. The number of benzene rings is 1. The molecule has 2 amide bonds. The van der Waals surface area contributed by atoms with Crippen molar-refractivity contribution in [3.8, 4) is 6.07 Å². The Morgan fingerprint density at radius 1 is 1.45 bits per heavy atom. The third-order valence-corrected chi connectivity index (χ3v) is 3.14. The van der Waals surface area contributed by atoms with E-state index in [0.29, 0.717) is 30.2 Å². The Morgan fingerprint density at radius 3 is 2.90 bits per heavy atom. The van der Waals surface area contributed by atoms with Gasteiger partial charge in [-0.3, -0.25) is 9.59 Å². The molecule has 0 unspecified atom stereocenters. The van der Waals surface area contributed by atoms with E-state index < -0.39 is 11.7 Å². The molecule has 20 heavy (non-hydrogen) atoms. The van der Waals surface area contributed by atoms with Crippen LogP contribution in [0.5, 0.6) is 0 Å². The van der Waals surface area contributed by atoms with Crippen LogP contribution in [0.1, 0.15) is 12.0 Å². The van der Waals surface area contributed by atoms with Gasteiger partial charge in [0.2, 0.25) is 5.91 Å². The van der Waals surface area contributed by atoms with Gasteiger partial charge in [-0.2, -0.15) is 5.26 Å². The van der Waals surface area contributed by atoms with Crippen molar-refractivity contribution in [3.05, 3.63) is 23.8 Å². The number of anilines is 2. The summed E-state index contributed by atoms with van der Waals surface area (Å²) in [5, 5.41) is 13.7. The van der Waals surface area contributed by atoms with Crippen molar-refractivity contribution in [2.24, 2.45) is 0 Å². The predicted molar refractivity (Wildman–Crippen MR) is 67.5 cm³/mol. The van der Waals surface area contributed by atoms with Gasteiger partial charge in [0, 0.05) is 11.3 Å². The lowest BCUT2D eigenvalue weighted by atomic mass is 10.1. The molecular formula is C13H11N3O4. The Labute approximate surface area is 114 Å². The second-order valence-electron chi connectivity index (χ2n) is 4.41. The maximum atomic E-state index is 12.0. The van der Waals surface area contributed by atoms with Crippen LogP contribution < -0.4 is 10.6 Å². The number of hydrogen-bond donors (Lipinski definition) is 2. The lowest BCUT2D eigenvalue weighted by molar-refractivity contribution is -0.178. The number of nitriles is 1. The number of fused-ring (bicyclic) bond motifs is 2. The largest absolute Gasteiger partial charge is 0.336 e. The molecule has 7 nitrogen and oxygen atoms in total. The molecular weight excluding hydrogens is 262 g/mol. The van der Waals surface area contributed by atoms with E-state index >= 15 is 0 Å². The molecule has 102 valence electrons. The molecule has 2 aliphatic rings. The number of carbonyl (C=O) groups is 2. The number of nitrogens with one attached hydrogen (secondary N) is 2. The average Bonchev–Trinajstić information content (AvgIpc) is 3.00. The van der Waals surface area contributed by atoms with E-state index in [1.165, 1.54) is 0 Å². The van der Waals surface area contributed by atoms with Gasteiger partial charge in [0.05, 0.1) is 25.0 Å². The maximum absolute atomic E-state index is 12.0. The number of rotatable bonds is 2. The first-order valence-corrected chi connectivity index (χ1v) is 6.06. The summed E-state index contributed by atoms with van der Waals surface area (Å²) in [7, 11) is 0. The van der Waals surface area contributed by atoms with Crippen LogP contribution in [0.15, 0.2) is 18.2 Å². The van der Waals surface area contributed by atoms with Gasteiger partial charge in [-0.05, 0) is 18.2 Å². The number of amides is 2. The van der Waals surface area contributed by atoms with Crippen molar-refractivity contribution in [3.63, 3.8) is 0 Å². The van der Waals surface area contributed by atoms with Crippen molar-refractivity contribution >= 4 is 23.2 Å². The standard InChI is InChI=1S/C13H11N3O4/c14-4-3-11(17)15-8-1-2-10-9(7-8)13(12(18)16-10)19-5-6-20-13/h1-2,7H,3,5-6H2,(H,15,17)(H,16,18). The zero-order valence-electron chi connectivity index (χ0n) is 10.4. The SMILES string of the molecule is N#CCC(=O)Nc1ccc2c(c1)C1(OCCO1)C(=O)N2. The zero-order valence-corrected chi connectivity index (χ0v) is 10.4. The van der Waals surface area contributed by atoms with Gasteiger partial charge in [-0.1, -0.05) is 0 Å². The summed E-state index contributed by atoms with van der Waals surface area (Å²) in [6, 6.07) is 6.69. The van der Waals surface area contributed by atoms with Crippen molar-refractivity contribution < 1.29 is 19.1 Å². The molecule has 2 N–H and O–H groups in total. The van der Waals surface area contributed by atoms with E-state index in [4.69, 9.17) is 14.7 Å².